The van der Waals surface area contributed by atoms with E-state index in [2.05, 4.69) is 37.4 Å². The van der Waals surface area contributed by atoms with Gasteiger partial charge in [0.2, 0.25) is 0 Å². The molecule has 0 aromatic heterocycles. The number of ether oxygens (including phenoxy) is 1. The van der Waals surface area contributed by atoms with E-state index in [-0.39, 0.29) is 0 Å². The van der Waals surface area contributed by atoms with Gasteiger partial charge in [0.15, 0.2) is 0 Å². The van der Waals surface area contributed by atoms with Crippen LogP contribution in [0.3, 0.4) is 0 Å². The molecule has 3 heteroatoms. The molecule has 2 nitrogen and oxygen atoms in total. The average molecular weight is 267 g/mol. The van der Waals surface area contributed by atoms with Crippen LogP contribution in [0.2, 0.25) is 0 Å². The molecule has 1 N–H and O–H groups in total. The molecule has 0 amide bonds. The Balaban J connectivity index is 2.52. The van der Waals surface area contributed by atoms with Gasteiger partial charge in [0, 0.05) is 11.8 Å². The maximum Gasteiger partial charge on any atom is 0.119 e. The van der Waals surface area contributed by atoms with Gasteiger partial charge in [0.25, 0.3) is 0 Å². The van der Waals surface area contributed by atoms with Gasteiger partial charge in [0.1, 0.15) is 5.75 Å². The van der Waals surface area contributed by atoms with E-state index >= 15 is 0 Å². The second-order valence-corrected chi connectivity index (χ2v) is 5.53. The monoisotopic (exact) mass is 267 g/mol. The molecule has 18 heavy (non-hydrogen) atoms. The quantitative estimate of drug-likeness (QED) is 0.693. The number of thioether (sulfide) groups is 1. The first-order valence-electron chi connectivity index (χ1n) is 6.74. The zero-order chi connectivity index (χ0) is 13.2. The maximum atomic E-state index is 5.27. The molecular formula is C15H25NOS. The Bertz CT molecular complexity index is 330. The van der Waals surface area contributed by atoms with Gasteiger partial charge >= 0.3 is 0 Å². The number of hydrogen-bond donors (Lipinski definition) is 1. The second kappa shape index (κ2) is 9.29. The fourth-order valence-electron chi connectivity index (χ4n) is 1.93. The smallest absolute Gasteiger partial charge is 0.119 e. The van der Waals surface area contributed by atoms with Gasteiger partial charge in [-0.15, -0.1) is 0 Å². The Morgan fingerprint density at radius 3 is 2.83 bits per heavy atom. The Hall–Kier alpha value is -0.670. The second-order valence-electron chi connectivity index (χ2n) is 4.39. The first-order valence-corrected chi connectivity index (χ1v) is 7.89. The van der Waals surface area contributed by atoms with Crippen molar-refractivity contribution < 1.29 is 4.74 Å². The van der Waals surface area contributed by atoms with Gasteiger partial charge in [0.05, 0.1) is 7.11 Å². The maximum absolute atomic E-state index is 5.27. The highest BCUT2D eigenvalue weighted by atomic mass is 32.2. The normalized spacial score (nSPS) is 12.4. The van der Waals surface area contributed by atoms with E-state index in [1.165, 1.54) is 23.5 Å². The number of likely N-dealkylation sites (N-methyl/N-ethyl adjacent to an activating group) is 1. The van der Waals surface area contributed by atoms with Crippen LogP contribution in [0, 0.1) is 0 Å². The lowest BCUT2D eigenvalue weighted by Crippen LogP contribution is -2.33. The summed E-state index contributed by atoms with van der Waals surface area (Å²) in [7, 11) is 1.72. The lowest BCUT2D eigenvalue weighted by Gasteiger charge is -2.18. The van der Waals surface area contributed by atoms with Crippen molar-refractivity contribution in [2.24, 2.45) is 0 Å². The molecule has 0 saturated carbocycles. The molecule has 1 unspecified atom stereocenters. The fraction of sp³-hybridized carbons (Fsp3) is 0.600. The average Bonchev–Trinajstić information content (AvgIpc) is 2.39. The van der Waals surface area contributed by atoms with Crippen molar-refractivity contribution in [1.82, 2.24) is 5.32 Å². The molecule has 0 aliphatic carbocycles. The van der Waals surface area contributed by atoms with Crippen molar-refractivity contribution in [2.45, 2.75) is 32.7 Å². The van der Waals surface area contributed by atoms with Crippen molar-refractivity contribution >= 4 is 11.8 Å². The highest BCUT2D eigenvalue weighted by molar-refractivity contribution is 7.99. The first kappa shape index (κ1) is 15.4. The molecule has 0 aliphatic heterocycles. The SMILES string of the molecule is CCCSCC(Cc1cccc(OC)c1)NCC. The van der Waals surface area contributed by atoms with Crippen molar-refractivity contribution in [1.29, 1.82) is 0 Å². The van der Waals surface area contributed by atoms with Crippen LogP contribution in [0.25, 0.3) is 0 Å². The fourth-order valence-corrected chi connectivity index (χ4v) is 2.91. The number of hydrogen-bond acceptors (Lipinski definition) is 3. The van der Waals surface area contributed by atoms with E-state index in [9.17, 15) is 0 Å². The van der Waals surface area contributed by atoms with E-state index in [1.54, 1.807) is 7.11 Å². The molecule has 0 spiro atoms. The molecule has 0 fully saturated rings. The van der Waals surface area contributed by atoms with Crippen LogP contribution < -0.4 is 10.1 Å². The van der Waals surface area contributed by atoms with E-state index in [1.807, 2.05) is 17.8 Å². The summed E-state index contributed by atoms with van der Waals surface area (Å²) in [5.41, 5.74) is 1.34. The predicted octanol–water partition coefficient (Wildman–Crippen LogP) is 3.36. The molecule has 0 aliphatic rings. The highest BCUT2D eigenvalue weighted by Crippen LogP contribution is 2.15. The van der Waals surface area contributed by atoms with E-state index in [0.717, 1.165) is 18.7 Å². The third kappa shape index (κ3) is 5.78. The molecule has 1 atom stereocenters. The van der Waals surface area contributed by atoms with Crippen LogP contribution >= 0.6 is 11.8 Å². The minimum atomic E-state index is 0.554. The van der Waals surface area contributed by atoms with Crippen LogP contribution in [0.5, 0.6) is 5.75 Å². The molecule has 0 saturated heterocycles. The van der Waals surface area contributed by atoms with Crippen molar-refractivity contribution in [3.63, 3.8) is 0 Å². The van der Waals surface area contributed by atoms with Gasteiger partial charge in [-0.25, -0.2) is 0 Å². The lowest BCUT2D eigenvalue weighted by molar-refractivity contribution is 0.414. The van der Waals surface area contributed by atoms with Gasteiger partial charge < -0.3 is 10.1 Å². The predicted molar refractivity (Wildman–Crippen MR) is 81.8 cm³/mol. The summed E-state index contributed by atoms with van der Waals surface area (Å²) in [6.07, 6.45) is 2.32. The summed E-state index contributed by atoms with van der Waals surface area (Å²) in [4.78, 5) is 0. The van der Waals surface area contributed by atoms with Gasteiger partial charge in [-0.1, -0.05) is 26.0 Å². The molecule has 0 bridgehead atoms. The Kier molecular flexibility index (Phi) is 7.94. The minimum Gasteiger partial charge on any atom is -0.497 e. The molecule has 1 aromatic carbocycles. The summed E-state index contributed by atoms with van der Waals surface area (Å²) in [5.74, 6) is 3.38. The van der Waals surface area contributed by atoms with Crippen LogP contribution in [0.4, 0.5) is 0 Å². The molecular weight excluding hydrogens is 242 g/mol. The van der Waals surface area contributed by atoms with E-state index in [0.29, 0.717) is 6.04 Å². The summed E-state index contributed by atoms with van der Waals surface area (Å²) in [6, 6.07) is 8.93. The third-order valence-corrected chi connectivity index (χ3v) is 4.11. The molecule has 1 rings (SSSR count). The highest BCUT2D eigenvalue weighted by Gasteiger charge is 2.08. The summed E-state index contributed by atoms with van der Waals surface area (Å²) >= 11 is 2.04. The summed E-state index contributed by atoms with van der Waals surface area (Å²) < 4.78 is 5.27. The summed E-state index contributed by atoms with van der Waals surface area (Å²) in [5, 5.41) is 3.57. The number of nitrogens with one attached hydrogen (secondary N) is 1. The molecule has 0 radical (unpaired) electrons. The van der Waals surface area contributed by atoms with Crippen molar-refractivity contribution in [2.75, 3.05) is 25.2 Å². The third-order valence-electron chi connectivity index (χ3n) is 2.78. The number of methoxy groups -OCH3 is 1. The van der Waals surface area contributed by atoms with Crippen LogP contribution in [-0.4, -0.2) is 31.2 Å². The van der Waals surface area contributed by atoms with Gasteiger partial charge in [-0.3, -0.25) is 0 Å². The number of benzene rings is 1. The summed E-state index contributed by atoms with van der Waals surface area (Å²) in [6.45, 7) is 5.43. The van der Waals surface area contributed by atoms with Crippen molar-refractivity contribution in [3.05, 3.63) is 29.8 Å². The van der Waals surface area contributed by atoms with E-state index < -0.39 is 0 Å². The van der Waals surface area contributed by atoms with Crippen LogP contribution in [0.1, 0.15) is 25.8 Å². The molecule has 102 valence electrons. The van der Waals surface area contributed by atoms with E-state index in [4.69, 9.17) is 4.74 Å². The standard InChI is InChI=1S/C15H25NOS/c1-4-9-18-12-14(16-5-2)10-13-7-6-8-15(11-13)17-3/h6-8,11,14,16H,4-5,9-10,12H2,1-3H3. The molecule has 1 aromatic rings. The zero-order valence-electron chi connectivity index (χ0n) is 11.7. The molecule has 0 heterocycles. The zero-order valence-corrected chi connectivity index (χ0v) is 12.6. The van der Waals surface area contributed by atoms with Crippen LogP contribution in [-0.2, 0) is 6.42 Å². The largest absolute Gasteiger partial charge is 0.497 e. The Morgan fingerprint density at radius 1 is 1.33 bits per heavy atom. The van der Waals surface area contributed by atoms with Crippen molar-refractivity contribution in [3.8, 4) is 5.75 Å². The first-order chi connectivity index (χ1) is 8.80. The van der Waals surface area contributed by atoms with Gasteiger partial charge in [-0.2, -0.15) is 11.8 Å². The Labute approximate surface area is 116 Å². The Morgan fingerprint density at radius 2 is 2.17 bits per heavy atom. The van der Waals surface area contributed by atoms with Crippen LogP contribution in [0.15, 0.2) is 24.3 Å². The van der Waals surface area contributed by atoms with Gasteiger partial charge in [-0.05, 0) is 42.8 Å². The number of rotatable bonds is 9. The lowest BCUT2D eigenvalue weighted by atomic mass is 10.1. The topological polar surface area (TPSA) is 21.3 Å². The minimum absolute atomic E-state index is 0.554.